The highest BCUT2D eigenvalue weighted by Crippen LogP contribution is 2.12. The van der Waals surface area contributed by atoms with Gasteiger partial charge in [0.25, 0.3) is 0 Å². The van der Waals surface area contributed by atoms with Gasteiger partial charge < -0.3 is 25.3 Å². The lowest BCUT2D eigenvalue weighted by molar-refractivity contribution is -0.126. The first-order valence-electron chi connectivity index (χ1n) is 8.96. The van der Waals surface area contributed by atoms with Crippen LogP contribution in [0.1, 0.15) is 19.4 Å². The van der Waals surface area contributed by atoms with E-state index in [0.717, 1.165) is 5.56 Å². The number of carbonyl (C=O) groups is 3. The number of hydrogen-bond acceptors (Lipinski definition) is 5. The molecular formula is C21H24N2O5. The fourth-order valence-electron chi connectivity index (χ4n) is 2.58. The number of phenolic OH excluding ortho intramolecular Hbond substituents is 1. The number of aldehydes is 1. The Bertz CT molecular complexity index is 790. The minimum absolute atomic E-state index is 0.122. The second-order valence-corrected chi connectivity index (χ2v) is 6.69. The predicted molar refractivity (Wildman–Crippen MR) is 104 cm³/mol. The number of rotatable bonds is 8. The summed E-state index contributed by atoms with van der Waals surface area (Å²) in [7, 11) is 0. The molecule has 2 aromatic carbocycles. The van der Waals surface area contributed by atoms with Gasteiger partial charge in [0, 0.05) is 0 Å². The summed E-state index contributed by atoms with van der Waals surface area (Å²) >= 11 is 0. The van der Waals surface area contributed by atoms with Gasteiger partial charge in [-0.05, 0) is 42.2 Å². The first-order chi connectivity index (χ1) is 13.4. The van der Waals surface area contributed by atoms with Gasteiger partial charge in [-0.15, -0.1) is 0 Å². The first kappa shape index (κ1) is 21.0. The van der Waals surface area contributed by atoms with E-state index in [0.29, 0.717) is 12.0 Å². The number of para-hydroxylation sites is 1. The standard InChI is InChI=1S/C21H24N2O5/c1-14(2)19(23-21(27)28-18-6-4-3-5-7-18)20(26)22-16(13-24)12-15-8-10-17(25)11-9-15/h3-11,13-14,16,19,25H,12H2,1-2H3,(H,22,26)(H,23,27)/t16?,19-/m0/s1. The fourth-order valence-corrected chi connectivity index (χ4v) is 2.58. The van der Waals surface area contributed by atoms with Crippen molar-refractivity contribution in [1.82, 2.24) is 10.6 Å². The van der Waals surface area contributed by atoms with Crippen molar-refractivity contribution in [2.45, 2.75) is 32.4 Å². The summed E-state index contributed by atoms with van der Waals surface area (Å²) in [4.78, 5) is 36.1. The lowest BCUT2D eigenvalue weighted by Gasteiger charge is -2.23. The molecule has 2 aromatic rings. The van der Waals surface area contributed by atoms with E-state index >= 15 is 0 Å². The molecule has 0 aliphatic heterocycles. The van der Waals surface area contributed by atoms with Crippen LogP contribution >= 0.6 is 0 Å². The number of phenols is 1. The van der Waals surface area contributed by atoms with Crippen molar-refractivity contribution in [3.05, 3.63) is 60.2 Å². The third-order valence-electron chi connectivity index (χ3n) is 4.06. The van der Waals surface area contributed by atoms with Crippen molar-refractivity contribution in [1.29, 1.82) is 0 Å². The number of amides is 2. The van der Waals surface area contributed by atoms with E-state index in [1.807, 2.05) is 0 Å². The topological polar surface area (TPSA) is 105 Å². The molecule has 0 saturated heterocycles. The van der Waals surface area contributed by atoms with Gasteiger partial charge in [-0.2, -0.15) is 0 Å². The normalized spacial score (nSPS) is 12.7. The molecular weight excluding hydrogens is 360 g/mol. The molecule has 0 aliphatic rings. The van der Waals surface area contributed by atoms with Crippen molar-refractivity contribution >= 4 is 18.3 Å². The van der Waals surface area contributed by atoms with Crippen LogP contribution in [0.15, 0.2) is 54.6 Å². The lowest BCUT2D eigenvalue weighted by atomic mass is 10.0. The second-order valence-electron chi connectivity index (χ2n) is 6.69. The molecule has 2 atom stereocenters. The van der Waals surface area contributed by atoms with Crippen LogP contribution < -0.4 is 15.4 Å². The van der Waals surface area contributed by atoms with Crippen molar-refractivity contribution in [3.63, 3.8) is 0 Å². The summed E-state index contributed by atoms with van der Waals surface area (Å²) in [5, 5.41) is 14.5. The summed E-state index contributed by atoms with van der Waals surface area (Å²) in [6.07, 6.45) is 0.167. The zero-order valence-electron chi connectivity index (χ0n) is 15.8. The Kier molecular flexibility index (Phi) is 7.56. The predicted octanol–water partition coefficient (Wildman–Crippen LogP) is 2.43. The smallest absolute Gasteiger partial charge is 0.413 e. The molecule has 0 aromatic heterocycles. The Hall–Kier alpha value is -3.35. The van der Waals surface area contributed by atoms with Gasteiger partial charge in [0.2, 0.25) is 5.91 Å². The van der Waals surface area contributed by atoms with Gasteiger partial charge in [0.05, 0.1) is 6.04 Å². The maximum atomic E-state index is 12.6. The van der Waals surface area contributed by atoms with Crippen molar-refractivity contribution < 1.29 is 24.2 Å². The Morgan fingerprint density at radius 3 is 2.25 bits per heavy atom. The molecule has 0 heterocycles. The van der Waals surface area contributed by atoms with E-state index in [1.165, 1.54) is 12.1 Å². The van der Waals surface area contributed by atoms with Crippen LogP contribution in [0.2, 0.25) is 0 Å². The average Bonchev–Trinajstić information content (AvgIpc) is 2.67. The van der Waals surface area contributed by atoms with Gasteiger partial charge in [0.15, 0.2) is 0 Å². The van der Waals surface area contributed by atoms with E-state index in [4.69, 9.17) is 4.74 Å². The lowest BCUT2D eigenvalue weighted by Crippen LogP contribution is -2.53. The van der Waals surface area contributed by atoms with Gasteiger partial charge >= 0.3 is 6.09 Å². The largest absolute Gasteiger partial charge is 0.508 e. The molecule has 0 radical (unpaired) electrons. The Morgan fingerprint density at radius 2 is 1.68 bits per heavy atom. The Morgan fingerprint density at radius 1 is 1.04 bits per heavy atom. The molecule has 0 bridgehead atoms. The number of benzene rings is 2. The third-order valence-corrected chi connectivity index (χ3v) is 4.06. The zero-order valence-corrected chi connectivity index (χ0v) is 15.8. The monoisotopic (exact) mass is 384 g/mol. The van der Waals surface area contributed by atoms with Crippen LogP contribution in [0.25, 0.3) is 0 Å². The molecule has 0 fully saturated rings. The molecule has 7 nitrogen and oxygen atoms in total. The second kappa shape index (κ2) is 10.1. The summed E-state index contributed by atoms with van der Waals surface area (Å²) in [6, 6.07) is 13.3. The van der Waals surface area contributed by atoms with Crippen LogP contribution in [-0.2, 0) is 16.0 Å². The van der Waals surface area contributed by atoms with E-state index in [-0.39, 0.29) is 18.1 Å². The summed E-state index contributed by atoms with van der Waals surface area (Å²) in [5.41, 5.74) is 0.785. The average molecular weight is 384 g/mol. The first-order valence-corrected chi connectivity index (χ1v) is 8.96. The van der Waals surface area contributed by atoms with Crippen LogP contribution in [0, 0.1) is 5.92 Å². The third kappa shape index (κ3) is 6.42. The molecule has 0 aliphatic carbocycles. The van der Waals surface area contributed by atoms with Crippen molar-refractivity contribution in [3.8, 4) is 11.5 Å². The van der Waals surface area contributed by atoms with Crippen LogP contribution in [-0.4, -0.2) is 35.5 Å². The summed E-state index contributed by atoms with van der Waals surface area (Å²) < 4.78 is 5.16. The molecule has 0 spiro atoms. The Balaban J connectivity index is 1.97. The summed E-state index contributed by atoms with van der Waals surface area (Å²) in [5.74, 6) is -0.211. The van der Waals surface area contributed by atoms with Crippen molar-refractivity contribution in [2.24, 2.45) is 5.92 Å². The Labute approximate surface area is 163 Å². The molecule has 0 saturated carbocycles. The summed E-state index contributed by atoms with van der Waals surface area (Å²) in [6.45, 7) is 3.56. The quantitative estimate of drug-likeness (QED) is 0.607. The van der Waals surface area contributed by atoms with E-state index in [2.05, 4.69) is 10.6 Å². The maximum Gasteiger partial charge on any atom is 0.413 e. The van der Waals surface area contributed by atoms with Gasteiger partial charge in [0.1, 0.15) is 23.8 Å². The van der Waals surface area contributed by atoms with Crippen LogP contribution in [0.5, 0.6) is 11.5 Å². The number of carbonyl (C=O) groups excluding carboxylic acids is 3. The van der Waals surface area contributed by atoms with Gasteiger partial charge in [-0.25, -0.2) is 4.79 Å². The molecule has 3 N–H and O–H groups in total. The van der Waals surface area contributed by atoms with Crippen LogP contribution in [0.3, 0.4) is 0 Å². The number of aromatic hydroxyl groups is 1. The number of nitrogens with one attached hydrogen (secondary N) is 2. The minimum Gasteiger partial charge on any atom is -0.508 e. The number of hydrogen-bond donors (Lipinski definition) is 3. The molecule has 2 rings (SSSR count). The molecule has 148 valence electrons. The van der Waals surface area contributed by atoms with E-state index in [9.17, 15) is 19.5 Å². The van der Waals surface area contributed by atoms with Crippen molar-refractivity contribution in [2.75, 3.05) is 0 Å². The SMILES string of the molecule is CC(C)[C@H](NC(=O)Oc1ccccc1)C(=O)NC(C=O)Cc1ccc(O)cc1. The molecule has 7 heteroatoms. The highest BCUT2D eigenvalue weighted by atomic mass is 16.6. The van der Waals surface area contributed by atoms with Gasteiger partial charge in [-0.1, -0.05) is 44.2 Å². The van der Waals surface area contributed by atoms with Crippen LogP contribution in [0.4, 0.5) is 4.79 Å². The maximum absolute atomic E-state index is 12.6. The zero-order chi connectivity index (χ0) is 20.5. The minimum atomic E-state index is -0.863. The van der Waals surface area contributed by atoms with E-state index < -0.39 is 24.1 Å². The molecule has 2 amide bonds. The van der Waals surface area contributed by atoms with Gasteiger partial charge in [-0.3, -0.25) is 4.79 Å². The highest BCUT2D eigenvalue weighted by Gasteiger charge is 2.27. The van der Waals surface area contributed by atoms with E-state index in [1.54, 1.807) is 56.3 Å². The fraction of sp³-hybridized carbons (Fsp3) is 0.286. The molecule has 1 unspecified atom stereocenters. The number of ether oxygens (including phenoxy) is 1. The highest BCUT2D eigenvalue weighted by molar-refractivity contribution is 5.88. The molecule has 28 heavy (non-hydrogen) atoms.